The van der Waals surface area contributed by atoms with Gasteiger partial charge in [0.25, 0.3) is 5.91 Å². The number of aliphatic hydroxyl groups excluding tert-OH is 1. The fraction of sp³-hybridized carbons (Fsp3) is 0.176. The molecule has 1 aromatic rings. The average Bonchev–Trinajstić information content (AvgIpc) is 2.79. The summed E-state index contributed by atoms with van der Waals surface area (Å²) < 4.78 is 23.1. The van der Waals surface area contributed by atoms with Crippen LogP contribution < -0.4 is 4.90 Å². The molecule has 0 radical (unpaired) electrons. The molecular weight excluding hydrogens is 314 g/mol. The molecule has 0 spiro atoms. The van der Waals surface area contributed by atoms with Crippen molar-refractivity contribution in [1.29, 1.82) is 0 Å². The quantitative estimate of drug-likeness (QED) is 0.843. The summed E-state index contributed by atoms with van der Waals surface area (Å²) in [6.07, 6.45) is 6.65. The minimum atomic E-state index is -2.40. The zero-order valence-corrected chi connectivity index (χ0v) is 13.2. The first-order chi connectivity index (χ1) is 11.0. The third-order valence-electron chi connectivity index (χ3n) is 4.10. The minimum absolute atomic E-state index is 0.195. The maximum Gasteiger partial charge on any atom is 0.293 e. The van der Waals surface area contributed by atoms with Crippen molar-refractivity contribution in [3.63, 3.8) is 0 Å². The highest BCUT2D eigenvalue weighted by molar-refractivity contribution is 7.73. The van der Waals surface area contributed by atoms with Crippen molar-refractivity contribution in [3.8, 4) is 0 Å². The molecule has 1 heterocycles. The first kappa shape index (κ1) is 15.3. The number of hydrogen-bond donors (Lipinski definition) is 1. The molecule has 5 nitrogen and oxygen atoms in total. The predicted molar refractivity (Wildman–Crippen MR) is 88.7 cm³/mol. The molecule has 0 fully saturated rings. The van der Waals surface area contributed by atoms with Crippen LogP contribution in [0.5, 0.6) is 0 Å². The Hall–Kier alpha value is -2.60. The Labute approximate surface area is 135 Å². The number of allylic oxidation sites excluding steroid dienone is 3. The minimum Gasteiger partial charge on any atom is -0.503 e. The topological polar surface area (TPSA) is 74.7 Å². The molecule has 0 saturated carbocycles. The van der Waals surface area contributed by atoms with Crippen molar-refractivity contribution in [1.82, 2.24) is 0 Å². The number of hydrogen-bond acceptors (Lipinski definition) is 4. The number of nitrogens with zero attached hydrogens (tertiary/aromatic N) is 1. The van der Waals surface area contributed by atoms with Crippen molar-refractivity contribution >= 4 is 26.8 Å². The van der Waals surface area contributed by atoms with Crippen molar-refractivity contribution in [3.05, 3.63) is 66.0 Å². The van der Waals surface area contributed by atoms with Crippen LogP contribution >= 0.6 is 0 Å². The third kappa shape index (κ3) is 2.51. The smallest absolute Gasteiger partial charge is 0.293 e. The second kappa shape index (κ2) is 5.89. The maximum atomic E-state index is 12.5. The largest absolute Gasteiger partial charge is 0.503 e. The van der Waals surface area contributed by atoms with E-state index < -0.39 is 28.2 Å². The number of benzene rings is 1. The summed E-state index contributed by atoms with van der Waals surface area (Å²) in [6, 6.07) is 8.35. The lowest BCUT2D eigenvalue weighted by atomic mass is 9.88. The summed E-state index contributed by atoms with van der Waals surface area (Å²) in [6.45, 7) is 1.65. The molecule has 6 heteroatoms. The molecule has 0 bridgehead atoms. The molecule has 2 unspecified atom stereocenters. The van der Waals surface area contributed by atoms with Gasteiger partial charge in [0, 0.05) is 11.6 Å². The Morgan fingerprint density at radius 2 is 1.83 bits per heavy atom. The van der Waals surface area contributed by atoms with Crippen molar-refractivity contribution in [2.24, 2.45) is 5.92 Å². The van der Waals surface area contributed by atoms with Gasteiger partial charge >= 0.3 is 0 Å². The van der Waals surface area contributed by atoms with Crippen LogP contribution in [0.1, 0.15) is 6.92 Å². The Morgan fingerprint density at radius 1 is 1.13 bits per heavy atom. The molecule has 1 aliphatic heterocycles. The van der Waals surface area contributed by atoms with Crippen LogP contribution in [-0.2, 0) is 15.1 Å². The Balaban J connectivity index is 2.15. The molecule has 3 rings (SSSR count). The van der Waals surface area contributed by atoms with E-state index in [1.165, 1.54) is 11.0 Å². The van der Waals surface area contributed by atoms with Gasteiger partial charge in [0.1, 0.15) is 0 Å². The van der Waals surface area contributed by atoms with E-state index in [1.807, 2.05) is 6.07 Å². The fourth-order valence-corrected chi connectivity index (χ4v) is 3.63. The van der Waals surface area contributed by atoms with E-state index in [0.29, 0.717) is 11.3 Å². The Kier molecular flexibility index (Phi) is 3.92. The van der Waals surface area contributed by atoms with E-state index in [9.17, 15) is 18.3 Å². The molecule has 1 amide bonds. The predicted octanol–water partition coefficient (Wildman–Crippen LogP) is 2.03. The van der Waals surface area contributed by atoms with Gasteiger partial charge in [-0.3, -0.25) is 9.69 Å². The van der Waals surface area contributed by atoms with Gasteiger partial charge < -0.3 is 5.11 Å². The standard InChI is InChI=1S/C17H15NO4S/c1-11-15(13-9-5-6-10-14(13)23(21)22)18(17(20)16(11)19)12-7-3-2-4-8-12/h2-10,13,15,19H,1H3. The number of aliphatic hydroxyl groups is 1. The lowest BCUT2D eigenvalue weighted by Crippen LogP contribution is -2.43. The Bertz CT molecular complexity index is 870. The summed E-state index contributed by atoms with van der Waals surface area (Å²) in [7, 11) is -2.40. The number of carbonyl (C=O) groups excluding carboxylic acids is 1. The van der Waals surface area contributed by atoms with E-state index >= 15 is 0 Å². The van der Waals surface area contributed by atoms with Crippen LogP contribution in [0, 0.1) is 5.92 Å². The van der Waals surface area contributed by atoms with Crippen LogP contribution in [0.3, 0.4) is 0 Å². The number of anilines is 1. The van der Waals surface area contributed by atoms with Crippen LogP contribution in [0.15, 0.2) is 66.0 Å². The molecule has 2 aliphatic rings. The Morgan fingerprint density at radius 3 is 2.48 bits per heavy atom. The molecule has 23 heavy (non-hydrogen) atoms. The molecule has 2 atom stereocenters. The van der Waals surface area contributed by atoms with Gasteiger partial charge in [-0.2, -0.15) is 8.42 Å². The molecule has 1 aromatic carbocycles. The number of carbonyl (C=O) groups is 1. The average molecular weight is 329 g/mol. The van der Waals surface area contributed by atoms with Gasteiger partial charge in [-0.05, 0) is 30.7 Å². The van der Waals surface area contributed by atoms with Crippen molar-refractivity contribution in [2.45, 2.75) is 13.0 Å². The van der Waals surface area contributed by atoms with Crippen LogP contribution in [0.25, 0.3) is 0 Å². The van der Waals surface area contributed by atoms with Crippen LogP contribution in [0.2, 0.25) is 0 Å². The highest BCUT2D eigenvalue weighted by Crippen LogP contribution is 2.35. The van der Waals surface area contributed by atoms with E-state index in [0.717, 1.165) is 0 Å². The lowest BCUT2D eigenvalue weighted by Gasteiger charge is -2.31. The van der Waals surface area contributed by atoms with E-state index in [4.69, 9.17) is 0 Å². The monoisotopic (exact) mass is 329 g/mol. The second-order valence-electron chi connectivity index (χ2n) is 5.39. The molecular formula is C17H15NO4S. The molecule has 0 saturated heterocycles. The fourth-order valence-electron chi connectivity index (χ4n) is 3.01. The number of para-hydroxylation sites is 1. The van der Waals surface area contributed by atoms with Crippen molar-refractivity contribution in [2.75, 3.05) is 4.90 Å². The lowest BCUT2D eigenvalue weighted by molar-refractivity contribution is -0.117. The second-order valence-corrected chi connectivity index (χ2v) is 6.33. The molecule has 0 aromatic heterocycles. The number of rotatable bonds is 2. The van der Waals surface area contributed by atoms with Gasteiger partial charge in [0.15, 0.2) is 5.76 Å². The van der Waals surface area contributed by atoms with Gasteiger partial charge in [0.2, 0.25) is 10.3 Å². The van der Waals surface area contributed by atoms with Crippen LogP contribution in [-0.4, -0.2) is 30.3 Å². The highest BCUT2D eigenvalue weighted by atomic mass is 32.2. The third-order valence-corrected chi connectivity index (χ3v) is 4.90. The summed E-state index contributed by atoms with van der Waals surface area (Å²) in [4.78, 5) is 14.1. The van der Waals surface area contributed by atoms with Gasteiger partial charge in [-0.15, -0.1) is 0 Å². The summed E-state index contributed by atoms with van der Waals surface area (Å²) in [5.41, 5.74) is 1.08. The maximum absolute atomic E-state index is 12.5. The van der Waals surface area contributed by atoms with Gasteiger partial charge in [-0.1, -0.05) is 36.4 Å². The summed E-state index contributed by atoms with van der Waals surface area (Å²) >= 11 is 0. The van der Waals surface area contributed by atoms with Crippen LogP contribution in [0.4, 0.5) is 5.69 Å². The first-order valence-corrected chi connectivity index (χ1v) is 8.19. The zero-order chi connectivity index (χ0) is 16.6. The van der Waals surface area contributed by atoms with E-state index in [-0.39, 0.29) is 10.6 Å². The SMILES string of the molecule is CC1=C(O)C(=O)N(c2ccccc2)C1C1C=CC=CC1=S(=O)=O. The summed E-state index contributed by atoms with van der Waals surface area (Å²) in [5.74, 6) is -1.37. The highest BCUT2D eigenvalue weighted by Gasteiger charge is 2.43. The first-order valence-electron chi connectivity index (χ1n) is 7.11. The molecule has 1 N–H and O–H groups in total. The van der Waals surface area contributed by atoms with Gasteiger partial charge in [-0.25, -0.2) is 0 Å². The van der Waals surface area contributed by atoms with E-state index in [1.54, 1.807) is 49.4 Å². The summed E-state index contributed by atoms with van der Waals surface area (Å²) in [5, 5.41) is 10.1. The van der Waals surface area contributed by atoms with Gasteiger partial charge in [0.05, 0.1) is 10.9 Å². The number of amides is 1. The molecule has 1 aliphatic carbocycles. The molecule has 118 valence electrons. The van der Waals surface area contributed by atoms with Crippen molar-refractivity contribution < 1.29 is 18.3 Å². The zero-order valence-electron chi connectivity index (χ0n) is 12.4. The van der Waals surface area contributed by atoms with E-state index in [2.05, 4.69) is 0 Å². The normalized spacial score (nSPS) is 23.8.